The molecule has 0 aliphatic heterocycles. The third-order valence-electron chi connectivity index (χ3n) is 4.12. The van der Waals surface area contributed by atoms with Crippen molar-refractivity contribution in [3.8, 4) is 0 Å². The Morgan fingerprint density at radius 1 is 1.17 bits per heavy atom. The summed E-state index contributed by atoms with van der Waals surface area (Å²) in [5.41, 5.74) is 1.39. The van der Waals surface area contributed by atoms with Crippen LogP contribution in [0.4, 0.5) is 5.69 Å². The van der Waals surface area contributed by atoms with Crippen LogP contribution in [-0.2, 0) is 11.3 Å². The van der Waals surface area contributed by atoms with Crippen molar-refractivity contribution in [3.63, 3.8) is 0 Å². The number of hydrogen-bond donors (Lipinski definition) is 1. The molecule has 0 aromatic heterocycles. The van der Waals surface area contributed by atoms with E-state index in [1.165, 1.54) is 12.1 Å². The van der Waals surface area contributed by atoms with E-state index in [-0.39, 0.29) is 17.6 Å². The number of nitrogens with zero attached hydrogens (tertiary/aromatic N) is 2. The molecule has 1 atom stereocenters. The minimum Gasteiger partial charge on any atom is -0.378 e. The molecular weight excluding hydrogens is 308 g/mol. The van der Waals surface area contributed by atoms with Gasteiger partial charge in [0.25, 0.3) is 11.6 Å². The van der Waals surface area contributed by atoms with Gasteiger partial charge in [0.05, 0.1) is 4.92 Å². The molecule has 0 bridgehead atoms. The van der Waals surface area contributed by atoms with Crippen molar-refractivity contribution in [1.82, 2.24) is 4.90 Å². The summed E-state index contributed by atoms with van der Waals surface area (Å²) in [7, 11) is 0. The zero-order chi connectivity index (χ0) is 17.1. The fourth-order valence-electron chi connectivity index (χ4n) is 2.63. The van der Waals surface area contributed by atoms with Gasteiger partial charge >= 0.3 is 0 Å². The molecular formula is C18H18N2O4. The molecule has 6 nitrogen and oxygen atoms in total. The van der Waals surface area contributed by atoms with Crippen LogP contribution in [0.3, 0.4) is 0 Å². The Hall–Kier alpha value is -2.73. The van der Waals surface area contributed by atoms with Gasteiger partial charge in [-0.05, 0) is 24.0 Å². The number of carbonyl (C=O) groups is 1. The number of aliphatic hydroxyl groups excluding tert-OH is 1. The molecule has 0 radical (unpaired) electrons. The highest BCUT2D eigenvalue weighted by atomic mass is 16.6. The molecule has 1 saturated carbocycles. The highest BCUT2D eigenvalue weighted by molar-refractivity contribution is 5.82. The van der Waals surface area contributed by atoms with Crippen molar-refractivity contribution in [1.29, 1.82) is 0 Å². The van der Waals surface area contributed by atoms with E-state index in [0.717, 1.165) is 18.4 Å². The largest absolute Gasteiger partial charge is 0.378 e. The van der Waals surface area contributed by atoms with E-state index >= 15 is 0 Å². The molecule has 1 unspecified atom stereocenters. The van der Waals surface area contributed by atoms with Gasteiger partial charge in [0.1, 0.15) is 0 Å². The Morgan fingerprint density at radius 2 is 1.79 bits per heavy atom. The number of nitro benzene ring substituents is 1. The van der Waals surface area contributed by atoms with Gasteiger partial charge < -0.3 is 10.0 Å². The SMILES string of the molecule is O=C(C(O)c1ccccc1)N(Cc1ccc([N+](=O)[O-])cc1)C1CC1. The number of hydrogen-bond acceptors (Lipinski definition) is 4. The molecule has 0 saturated heterocycles. The fourth-order valence-corrected chi connectivity index (χ4v) is 2.63. The monoisotopic (exact) mass is 326 g/mol. The second-order valence-electron chi connectivity index (χ2n) is 5.93. The molecule has 124 valence electrons. The lowest BCUT2D eigenvalue weighted by Crippen LogP contribution is -2.36. The first kappa shape index (κ1) is 16.1. The van der Waals surface area contributed by atoms with Gasteiger partial charge in [-0.2, -0.15) is 0 Å². The average molecular weight is 326 g/mol. The van der Waals surface area contributed by atoms with Crippen LogP contribution in [0, 0.1) is 10.1 Å². The number of nitro groups is 1. The van der Waals surface area contributed by atoms with Gasteiger partial charge in [0.15, 0.2) is 6.10 Å². The zero-order valence-electron chi connectivity index (χ0n) is 13.0. The summed E-state index contributed by atoms with van der Waals surface area (Å²) in [4.78, 5) is 24.6. The minimum absolute atomic E-state index is 0.0207. The molecule has 1 aliphatic rings. The number of benzene rings is 2. The predicted molar refractivity (Wildman–Crippen MR) is 88.1 cm³/mol. The van der Waals surface area contributed by atoms with Crippen LogP contribution in [0.15, 0.2) is 54.6 Å². The summed E-state index contributed by atoms with van der Waals surface area (Å²) in [6.07, 6.45) is 0.644. The van der Waals surface area contributed by atoms with E-state index in [1.807, 2.05) is 6.07 Å². The third-order valence-corrected chi connectivity index (χ3v) is 4.12. The molecule has 6 heteroatoms. The van der Waals surface area contributed by atoms with Crippen LogP contribution in [0.2, 0.25) is 0 Å². The van der Waals surface area contributed by atoms with Gasteiger partial charge in [-0.15, -0.1) is 0 Å². The number of rotatable bonds is 6. The quantitative estimate of drug-likeness (QED) is 0.653. The number of carbonyl (C=O) groups excluding carboxylic acids is 1. The van der Waals surface area contributed by atoms with Crippen LogP contribution >= 0.6 is 0 Å². The van der Waals surface area contributed by atoms with Crippen LogP contribution in [0.5, 0.6) is 0 Å². The van der Waals surface area contributed by atoms with Crippen molar-refractivity contribution in [2.24, 2.45) is 0 Å². The first-order valence-electron chi connectivity index (χ1n) is 7.83. The highest BCUT2D eigenvalue weighted by Crippen LogP contribution is 2.31. The molecule has 2 aromatic carbocycles. The van der Waals surface area contributed by atoms with E-state index in [9.17, 15) is 20.0 Å². The summed E-state index contributed by atoms with van der Waals surface area (Å²) in [6.45, 7) is 0.339. The summed E-state index contributed by atoms with van der Waals surface area (Å²) in [6, 6.07) is 15.1. The Bertz CT molecular complexity index is 726. The van der Waals surface area contributed by atoms with Gasteiger partial charge in [-0.25, -0.2) is 0 Å². The lowest BCUT2D eigenvalue weighted by Gasteiger charge is -2.25. The molecule has 1 fully saturated rings. The van der Waals surface area contributed by atoms with E-state index in [2.05, 4.69) is 0 Å². The molecule has 0 heterocycles. The number of non-ortho nitro benzene ring substituents is 1. The third kappa shape index (κ3) is 3.60. The fraction of sp³-hybridized carbons (Fsp3) is 0.278. The average Bonchev–Trinajstić information content (AvgIpc) is 3.44. The number of aliphatic hydroxyl groups is 1. The highest BCUT2D eigenvalue weighted by Gasteiger charge is 2.35. The van der Waals surface area contributed by atoms with Gasteiger partial charge in [-0.1, -0.05) is 42.5 Å². The topological polar surface area (TPSA) is 83.7 Å². The van der Waals surface area contributed by atoms with Crippen molar-refractivity contribution < 1.29 is 14.8 Å². The lowest BCUT2D eigenvalue weighted by atomic mass is 10.1. The van der Waals surface area contributed by atoms with Crippen molar-refractivity contribution >= 4 is 11.6 Å². The van der Waals surface area contributed by atoms with Crippen molar-refractivity contribution in [2.75, 3.05) is 0 Å². The van der Waals surface area contributed by atoms with Gasteiger partial charge in [0.2, 0.25) is 0 Å². The maximum Gasteiger partial charge on any atom is 0.269 e. The normalized spacial score (nSPS) is 14.9. The van der Waals surface area contributed by atoms with Crippen molar-refractivity contribution in [3.05, 3.63) is 75.8 Å². The first-order valence-corrected chi connectivity index (χ1v) is 7.83. The molecule has 2 aromatic rings. The van der Waals surface area contributed by atoms with Gasteiger partial charge in [0, 0.05) is 24.7 Å². The predicted octanol–water partition coefficient (Wildman–Crippen LogP) is 2.82. The van der Waals surface area contributed by atoms with E-state index in [0.29, 0.717) is 12.1 Å². The molecule has 3 rings (SSSR count). The van der Waals surface area contributed by atoms with E-state index in [4.69, 9.17) is 0 Å². The summed E-state index contributed by atoms with van der Waals surface area (Å²) in [5, 5.41) is 21.1. The standard InChI is InChI=1S/C18H18N2O4/c21-17(14-4-2-1-3-5-14)18(22)19(15-10-11-15)12-13-6-8-16(9-7-13)20(23)24/h1-9,15,17,21H,10-12H2. The maximum absolute atomic E-state index is 12.7. The summed E-state index contributed by atoms with van der Waals surface area (Å²) in [5.74, 6) is -0.331. The van der Waals surface area contributed by atoms with Crippen LogP contribution < -0.4 is 0 Å². The zero-order valence-corrected chi connectivity index (χ0v) is 13.0. The second-order valence-corrected chi connectivity index (χ2v) is 5.93. The summed E-state index contributed by atoms with van der Waals surface area (Å²) < 4.78 is 0. The lowest BCUT2D eigenvalue weighted by molar-refractivity contribution is -0.384. The molecule has 24 heavy (non-hydrogen) atoms. The number of amides is 1. The molecule has 1 N–H and O–H groups in total. The Balaban J connectivity index is 1.75. The smallest absolute Gasteiger partial charge is 0.269 e. The van der Waals surface area contributed by atoms with Crippen molar-refractivity contribution in [2.45, 2.75) is 31.5 Å². The Morgan fingerprint density at radius 3 is 2.33 bits per heavy atom. The van der Waals surface area contributed by atoms with Crippen LogP contribution in [0.1, 0.15) is 30.1 Å². The molecule has 1 aliphatic carbocycles. The van der Waals surface area contributed by atoms with E-state index < -0.39 is 11.0 Å². The Labute approximate surface area is 139 Å². The summed E-state index contributed by atoms with van der Waals surface area (Å²) >= 11 is 0. The van der Waals surface area contributed by atoms with Crippen LogP contribution in [0.25, 0.3) is 0 Å². The van der Waals surface area contributed by atoms with Crippen LogP contribution in [-0.4, -0.2) is 26.9 Å². The minimum atomic E-state index is -1.19. The van der Waals surface area contributed by atoms with Gasteiger partial charge in [-0.3, -0.25) is 14.9 Å². The second kappa shape index (κ2) is 6.80. The molecule has 1 amide bonds. The molecule has 0 spiro atoms. The maximum atomic E-state index is 12.7. The van der Waals surface area contributed by atoms with E-state index in [1.54, 1.807) is 41.3 Å². The first-order chi connectivity index (χ1) is 11.6. The Kier molecular flexibility index (Phi) is 4.57.